The Kier molecular flexibility index (Phi) is 5.37. The Morgan fingerprint density at radius 2 is 2.00 bits per heavy atom. The first-order valence-corrected chi connectivity index (χ1v) is 8.31. The molecule has 0 aromatic heterocycles. The van der Waals surface area contributed by atoms with Crippen LogP contribution in [0.3, 0.4) is 0 Å². The highest BCUT2D eigenvalue weighted by molar-refractivity contribution is 8.00. The third-order valence-electron chi connectivity index (χ3n) is 4.36. The fourth-order valence-electron chi connectivity index (χ4n) is 3.03. The van der Waals surface area contributed by atoms with Gasteiger partial charge in [-0.3, -0.25) is 4.79 Å². The SMILES string of the molecule is O=C(NCC1(CO)CCCCC1)C1CCCCS1. The van der Waals surface area contributed by atoms with E-state index in [0.717, 1.165) is 25.0 Å². The summed E-state index contributed by atoms with van der Waals surface area (Å²) in [6.45, 7) is 0.879. The molecule has 0 bridgehead atoms. The Bertz CT molecular complexity index is 271. The van der Waals surface area contributed by atoms with Crippen molar-refractivity contribution in [2.24, 2.45) is 5.41 Å². The highest BCUT2D eigenvalue weighted by Gasteiger charge is 2.32. The molecule has 1 heterocycles. The van der Waals surface area contributed by atoms with E-state index in [2.05, 4.69) is 5.32 Å². The molecular formula is C14H25NO2S. The van der Waals surface area contributed by atoms with Crippen LogP contribution in [0.15, 0.2) is 0 Å². The minimum Gasteiger partial charge on any atom is -0.396 e. The minimum absolute atomic E-state index is 0.0345. The van der Waals surface area contributed by atoms with E-state index in [1.807, 2.05) is 0 Å². The topological polar surface area (TPSA) is 49.3 Å². The Labute approximate surface area is 114 Å². The summed E-state index contributed by atoms with van der Waals surface area (Å²) >= 11 is 1.79. The van der Waals surface area contributed by atoms with Gasteiger partial charge >= 0.3 is 0 Å². The summed E-state index contributed by atoms with van der Waals surface area (Å²) in [4.78, 5) is 12.1. The summed E-state index contributed by atoms with van der Waals surface area (Å²) in [6, 6.07) is 0. The number of carbonyl (C=O) groups excluding carboxylic acids is 1. The first-order valence-electron chi connectivity index (χ1n) is 7.26. The monoisotopic (exact) mass is 271 g/mol. The van der Waals surface area contributed by atoms with E-state index in [1.54, 1.807) is 11.8 Å². The van der Waals surface area contributed by atoms with Gasteiger partial charge in [0.1, 0.15) is 0 Å². The molecule has 1 saturated heterocycles. The van der Waals surface area contributed by atoms with Crippen LogP contribution in [0.1, 0.15) is 51.4 Å². The molecule has 2 fully saturated rings. The zero-order chi connectivity index (χ0) is 12.8. The molecule has 3 nitrogen and oxygen atoms in total. The number of aliphatic hydroxyl groups is 1. The lowest BCUT2D eigenvalue weighted by atomic mass is 9.74. The molecule has 2 rings (SSSR count). The van der Waals surface area contributed by atoms with Crippen LogP contribution in [-0.4, -0.2) is 35.2 Å². The zero-order valence-corrected chi connectivity index (χ0v) is 11.9. The molecule has 2 N–H and O–H groups in total. The third kappa shape index (κ3) is 3.64. The van der Waals surface area contributed by atoms with Gasteiger partial charge in [-0.25, -0.2) is 0 Å². The number of nitrogens with one attached hydrogen (secondary N) is 1. The summed E-state index contributed by atoms with van der Waals surface area (Å²) in [5.74, 6) is 1.31. The van der Waals surface area contributed by atoms with Crippen molar-refractivity contribution < 1.29 is 9.90 Å². The molecule has 0 radical (unpaired) electrons. The predicted octanol–water partition coefficient (Wildman–Crippen LogP) is 2.33. The lowest BCUT2D eigenvalue weighted by Crippen LogP contribution is -2.44. The number of rotatable bonds is 4. The maximum atomic E-state index is 12.1. The summed E-state index contributed by atoms with van der Waals surface area (Å²) in [7, 11) is 0. The number of carbonyl (C=O) groups is 1. The van der Waals surface area contributed by atoms with E-state index in [0.29, 0.717) is 6.54 Å². The van der Waals surface area contributed by atoms with E-state index >= 15 is 0 Å². The Hall–Kier alpha value is -0.220. The van der Waals surface area contributed by atoms with Crippen molar-refractivity contribution in [1.82, 2.24) is 5.32 Å². The average molecular weight is 271 g/mol. The van der Waals surface area contributed by atoms with Crippen molar-refractivity contribution in [3.8, 4) is 0 Å². The molecule has 0 spiro atoms. The summed E-state index contributed by atoms with van der Waals surface area (Å²) in [5, 5.41) is 12.9. The van der Waals surface area contributed by atoms with E-state index < -0.39 is 0 Å². The van der Waals surface area contributed by atoms with Crippen LogP contribution in [0, 0.1) is 5.41 Å². The van der Waals surface area contributed by atoms with Crippen LogP contribution in [0.5, 0.6) is 0 Å². The zero-order valence-electron chi connectivity index (χ0n) is 11.1. The number of hydrogen-bond acceptors (Lipinski definition) is 3. The van der Waals surface area contributed by atoms with Gasteiger partial charge in [-0.15, -0.1) is 11.8 Å². The van der Waals surface area contributed by atoms with Gasteiger partial charge in [0.15, 0.2) is 0 Å². The lowest BCUT2D eigenvalue weighted by Gasteiger charge is -2.36. The largest absolute Gasteiger partial charge is 0.396 e. The number of amides is 1. The fourth-order valence-corrected chi connectivity index (χ4v) is 4.25. The minimum atomic E-state index is -0.0345. The molecule has 4 heteroatoms. The van der Waals surface area contributed by atoms with Crippen LogP contribution in [0.2, 0.25) is 0 Å². The first-order chi connectivity index (χ1) is 8.76. The van der Waals surface area contributed by atoms with Gasteiger partial charge < -0.3 is 10.4 Å². The van der Waals surface area contributed by atoms with Gasteiger partial charge in [-0.2, -0.15) is 0 Å². The van der Waals surface area contributed by atoms with E-state index in [4.69, 9.17) is 0 Å². The molecule has 1 saturated carbocycles. The third-order valence-corrected chi connectivity index (χ3v) is 5.74. The van der Waals surface area contributed by atoms with Gasteiger partial charge in [-0.05, 0) is 31.4 Å². The number of aliphatic hydroxyl groups excluding tert-OH is 1. The van der Waals surface area contributed by atoms with Crippen molar-refractivity contribution in [2.75, 3.05) is 18.9 Å². The summed E-state index contributed by atoms with van der Waals surface area (Å²) in [6.07, 6.45) is 9.20. The molecular weight excluding hydrogens is 246 g/mol. The number of hydrogen-bond donors (Lipinski definition) is 2. The molecule has 18 heavy (non-hydrogen) atoms. The normalized spacial score (nSPS) is 27.7. The Morgan fingerprint density at radius 3 is 2.61 bits per heavy atom. The Morgan fingerprint density at radius 1 is 1.22 bits per heavy atom. The van der Waals surface area contributed by atoms with Gasteiger partial charge in [0, 0.05) is 12.0 Å². The van der Waals surface area contributed by atoms with E-state index in [1.165, 1.54) is 32.1 Å². The molecule has 1 aliphatic heterocycles. The second kappa shape index (κ2) is 6.80. The summed E-state index contributed by atoms with van der Waals surface area (Å²) in [5.41, 5.74) is -0.0345. The highest BCUT2D eigenvalue weighted by atomic mass is 32.2. The predicted molar refractivity (Wildman–Crippen MR) is 75.7 cm³/mol. The molecule has 104 valence electrons. The first kappa shape index (κ1) is 14.2. The molecule has 1 aliphatic carbocycles. The van der Waals surface area contributed by atoms with Crippen molar-refractivity contribution in [3.05, 3.63) is 0 Å². The van der Waals surface area contributed by atoms with E-state index in [9.17, 15) is 9.90 Å². The quantitative estimate of drug-likeness (QED) is 0.825. The molecule has 1 atom stereocenters. The molecule has 2 aliphatic rings. The maximum Gasteiger partial charge on any atom is 0.233 e. The van der Waals surface area contributed by atoms with Crippen LogP contribution in [0.4, 0.5) is 0 Å². The Balaban J connectivity index is 1.79. The second-order valence-corrected chi connectivity index (χ2v) is 7.10. The molecule has 0 aromatic carbocycles. The van der Waals surface area contributed by atoms with E-state index in [-0.39, 0.29) is 23.2 Å². The smallest absolute Gasteiger partial charge is 0.233 e. The van der Waals surface area contributed by atoms with Crippen LogP contribution >= 0.6 is 11.8 Å². The highest BCUT2D eigenvalue weighted by Crippen LogP contribution is 2.35. The van der Waals surface area contributed by atoms with Gasteiger partial charge in [0.05, 0.1) is 11.9 Å². The van der Waals surface area contributed by atoms with Gasteiger partial charge in [-0.1, -0.05) is 25.7 Å². The fraction of sp³-hybridized carbons (Fsp3) is 0.929. The van der Waals surface area contributed by atoms with Crippen LogP contribution in [-0.2, 0) is 4.79 Å². The molecule has 1 unspecified atom stereocenters. The maximum absolute atomic E-state index is 12.1. The average Bonchev–Trinajstić information content (AvgIpc) is 2.47. The van der Waals surface area contributed by atoms with Crippen molar-refractivity contribution in [2.45, 2.75) is 56.6 Å². The van der Waals surface area contributed by atoms with Crippen molar-refractivity contribution >= 4 is 17.7 Å². The summed E-state index contributed by atoms with van der Waals surface area (Å²) < 4.78 is 0. The molecule has 0 aromatic rings. The molecule has 1 amide bonds. The van der Waals surface area contributed by atoms with Gasteiger partial charge in [0.25, 0.3) is 0 Å². The van der Waals surface area contributed by atoms with Crippen molar-refractivity contribution in [1.29, 1.82) is 0 Å². The standard InChI is InChI=1S/C14H25NO2S/c16-11-14(7-3-1-4-8-14)10-15-13(17)12-6-2-5-9-18-12/h12,16H,1-11H2,(H,15,17). The van der Waals surface area contributed by atoms with Crippen LogP contribution in [0.25, 0.3) is 0 Å². The van der Waals surface area contributed by atoms with Gasteiger partial charge in [0.2, 0.25) is 5.91 Å². The number of thioether (sulfide) groups is 1. The second-order valence-electron chi connectivity index (χ2n) is 5.79. The lowest BCUT2D eigenvalue weighted by molar-refractivity contribution is -0.121. The van der Waals surface area contributed by atoms with Crippen LogP contribution < -0.4 is 5.32 Å². The van der Waals surface area contributed by atoms with Crippen molar-refractivity contribution in [3.63, 3.8) is 0 Å².